The van der Waals surface area contributed by atoms with Crippen LogP contribution in [0.3, 0.4) is 0 Å². The van der Waals surface area contributed by atoms with Crippen molar-refractivity contribution >= 4 is 52.6 Å². The van der Waals surface area contributed by atoms with Gasteiger partial charge in [0.2, 0.25) is 0 Å². The number of hydrogen-bond donors (Lipinski definition) is 3. The minimum atomic E-state index is -1.05. The summed E-state index contributed by atoms with van der Waals surface area (Å²) in [7, 11) is 0. The first-order valence-corrected chi connectivity index (χ1v) is 7.62. The molecule has 7 heteroatoms. The Bertz CT molecular complexity index is 807. The average Bonchev–Trinajstić information content (AvgIpc) is 2.56. The lowest BCUT2D eigenvalue weighted by atomic mass is 10.2. The predicted octanol–water partition coefficient (Wildman–Crippen LogP) is 3.56. The number of amides is 1. The molecule has 0 aromatic heterocycles. The van der Waals surface area contributed by atoms with Crippen molar-refractivity contribution in [3.63, 3.8) is 0 Å². The third kappa shape index (κ3) is 5.19. The molecule has 24 heavy (non-hydrogen) atoms. The van der Waals surface area contributed by atoms with Crippen molar-refractivity contribution in [3.8, 4) is 0 Å². The lowest BCUT2D eigenvalue weighted by Crippen LogP contribution is -2.34. The number of anilines is 1. The molecule has 0 spiro atoms. The van der Waals surface area contributed by atoms with Crippen molar-refractivity contribution in [2.45, 2.75) is 0 Å². The summed E-state index contributed by atoms with van der Waals surface area (Å²) in [6.07, 6.45) is 2.44. The first-order valence-electron chi connectivity index (χ1n) is 6.83. The van der Waals surface area contributed by atoms with E-state index in [9.17, 15) is 9.59 Å². The number of carboxylic acid groups (broad SMARTS) is 1. The van der Waals surface area contributed by atoms with Gasteiger partial charge in [-0.1, -0.05) is 35.9 Å². The lowest BCUT2D eigenvalue weighted by Gasteiger charge is -2.11. The minimum Gasteiger partial charge on any atom is -0.478 e. The number of benzene rings is 2. The Balaban J connectivity index is 2.07. The van der Waals surface area contributed by atoms with E-state index in [4.69, 9.17) is 28.9 Å². The zero-order valence-corrected chi connectivity index (χ0v) is 13.9. The van der Waals surface area contributed by atoms with E-state index in [0.717, 1.165) is 6.08 Å². The van der Waals surface area contributed by atoms with Crippen molar-refractivity contribution in [2.24, 2.45) is 0 Å². The van der Waals surface area contributed by atoms with Gasteiger partial charge in [0.1, 0.15) is 0 Å². The molecule has 2 rings (SSSR count). The third-order valence-electron chi connectivity index (χ3n) is 2.92. The molecule has 0 radical (unpaired) electrons. The highest BCUT2D eigenvalue weighted by Gasteiger charge is 2.09. The number of thiocarbonyl (C=S) groups is 1. The van der Waals surface area contributed by atoms with Crippen LogP contribution in [-0.4, -0.2) is 22.1 Å². The maximum Gasteiger partial charge on any atom is 0.328 e. The van der Waals surface area contributed by atoms with Crippen molar-refractivity contribution in [3.05, 3.63) is 70.8 Å². The molecular formula is C17H13ClN2O3S. The van der Waals surface area contributed by atoms with Gasteiger partial charge in [-0.25, -0.2) is 4.79 Å². The standard InChI is InChI=1S/C17H13ClN2O3S/c18-13-8-6-11(7-9-15(21)22)10-14(13)19-17(24)20-16(23)12-4-2-1-3-5-12/h1-10H,(H,21,22)(H2,19,20,23,24)/b9-7+. The lowest BCUT2D eigenvalue weighted by molar-refractivity contribution is -0.131. The summed E-state index contributed by atoms with van der Waals surface area (Å²) in [5.74, 6) is -1.39. The topological polar surface area (TPSA) is 78.4 Å². The SMILES string of the molecule is O=C(O)/C=C/c1ccc(Cl)c(NC(=S)NC(=O)c2ccccc2)c1. The molecule has 1 amide bonds. The largest absolute Gasteiger partial charge is 0.478 e. The van der Waals surface area contributed by atoms with Crippen molar-refractivity contribution in [1.82, 2.24) is 5.32 Å². The van der Waals surface area contributed by atoms with Crippen LogP contribution < -0.4 is 10.6 Å². The number of nitrogens with one attached hydrogen (secondary N) is 2. The summed E-state index contributed by atoms with van der Waals surface area (Å²) in [5, 5.41) is 14.5. The molecule has 0 saturated carbocycles. The summed E-state index contributed by atoms with van der Waals surface area (Å²) in [4.78, 5) is 22.6. The number of carbonyl (C=O) groups excluding carboxylic acids is 1. The van der Waals surface area contributed by atoms with Gasteiger partial charge in [0, 0.05) is 11.6 Å². The Hall–Kier alpha value is -2.70. The van der Waals surface area contributed by atoms with E-state index in [0.29, 0.717) is 21.8 Å². The molecule has 0 aliphatic carbocycles. The molecule has 3 N–H and O–H groups in total. The molecular weight excluding hydrogens is 348 g/mol. The maximum absolute atomic E-state index is 12.0. The van der Waals surface area contributed by atoms with Crippen LogP contribution in [-0.2, 0) is 4.79 Å². The predicted molar refractivity (Wildman–Crippen MR) is 98.3 cm³/mol. The van der Waals surface area contributed by atoms with E-state index >= 15 is 0 Å². The van der Waals surface area contributed by atoms with Gasteiger partial charge in [0.05, 0.1) is 10.7 Å². The average molecular weight is 361 g/mol. The summed E-state index contributed by atoms with van der Waals surface area (Å²) < 4.78 is 0. The fraction of sp³-hybridized carbons (Fsp3) is 0. The molecule has 0 heterocycles. The zero-order chi connectivity index (χ0) is 17.5. The molecule has 0 atom stereocenters. The van der Waals surface area contributed by atoms with Crippen LogP contribution in [0.25, 0.3) is 6.08 Å². The first-order chi connectivity index (χ1) is 11.5. The molecule has 0 bridgehead atoms. The molecule has 0 fully saturated rings. The smallest absolute Gasteiger partial charge is 0.328 e. The van der Waals surface area contributed by atoms with Gasteiger partial charge in [-0.2, -0.15) is 0 Å². The van der Waals surface area contributed by atoms with Crippen LogP contribution in [0.15, 0.2) is 54.6 Å². The van der Waals surface area contributed by atoms with Crippen LogP contribution in [0.2, 0.25) is 5.02 Å². The minimum absolute atomic E-state index is 0.0881. The van der Waals surface area contributed by atoms with Gasteiger partial charge in [-0.3, -0.25) is 10.1 Å². The summed E-state index contributed by atoms with van der Waals surface area (Å²) in [6, 6.07) is 13.5. The highest BCUT2D eigenvalue weighted by Crippen LogP contribution is 2.23. The quantitative estimate of drug-likeness (QED) is 0.574. The first kappa shape index (κ1) is 17.7. The van der Waals surface area contributed by atoms with E-state index in [2.05, 4.69) is 10.6 Å². The zero-order valence-electron chi connectivity index (χ0n) is 12.3. The summed E-state index contributed by atoms with van der Waals surface area (Å²) in [5.41, 5.74) is 1.56. The van der Waals surface area contributed by atoms with E-state index < -0.39 is 5.97 Å². The fourth-order valence-corrected chi connectivity index (χ4v) is 2.20. The number of carbonyl (C=O) groups is 2. The van der Waals surface area contributed by atoms with Gasteiger partial charge in [-0.05, 0) is 48.1 Å². The Morgan fingerprint density at radius 1 is 1.12 bits per heavy atom. The van der Waals surface area contributed by atoms with Gasteiger partial charge >= 0.3 is 5.97 Å². The molecule has 0 aliphatic heterocycles. The normalized spacial score (nSPS) is 10.4. The Labute approximate surface area is 149 Å². The summed E-state index contributed by atoms with van der Waals surface area (Å²) in [6.45, 7) is 0. The number of carboxylic acids is 1. The number of hydrogen-bond acceptors (Lipinski definition) is 3. The summed E-state index contributed by atoms with van der Waals surface area (Å²) >= 11 is 11.2. The highest BCUT2D eigenvalue weighted by molar-refractivity contribution is 7.80. The van der Waals surface area contributed by atoms with Crippen molar-refractivity contribution in [2.75, 3.05) is 5.32 Å². The molecule has 0 unspecified atom stereocenters. The van der Waals surface area contributed by atoms with E-state index in [1.807, 2.05) is 6.07 Å². The van der Waals surface area contributed by atoms with Gasteiger partial charge in [0.15, 0.2) is 5.11 Å². The Morgan fingerprint density at radius 3 is 2.50 bits per heavy atom. The molecule has 0 saturated heterocycles. The second-order valence-electron chi connectivity index (χ2n) is 4.69. The molecule has 2 aromatic rings. The second-order valence-corrected chi connectivity index (χ2v) is 5.50. The van der Waals surface area contributed by atoms with Crippen molar-refractivity contribution in [1.29, 1.82) is 0 Å². The van der Waals surface area contributed by atoms with Gasteiger partial charge < -0.3 is 10.4 Å². The van der Waals surface area contributed by atoms with Crippen LogP contribution in [0.1, 0.15) is 15.9 Å². The maximum atomic E-state index is 12.0. The third-order valence-corrected chi connectivity index (χ3v) is 3.45. The van der Waals surface area contributed by atoms with E-state index in [-0.39, 0.29) is 11.0 Å². The van der Waals surface area contributed by atoms with Crippen LogP contribution in [0.5, 0.6) is 0 Å². The molecule has 122 valence electrons. The van der Waals surface area contributed by atoms with Crippen LogP contribution in [0.4, 0.5) is 5.69 Å². The van der Waals surface area contributed by atoms with Gasteiger partial charge in [0.25, 0.3) is 5.91 Å². The molecule has 5 nitrogen and oxygen atoms in total. The second kappa shape index (κ2) is 8.24. The number of halogens is 1. The van der Waals surface area contributed by atoms with Gasteiger partial charge in [-0.15, -0.1) is 0 Å². The van der Waals surface area contributed by atoms with Crippen LogP contribution in [0, 0.1) is 0 Å². The number of aliphatic carboxylic acids is 1. The number of rotatable bonds is 4. The Kier molecular flexibility index (Phi) is 6.06. The van der Waals surface area contributed by atoms with Crippen LogP contribution >= 0.6 is 23.8 Å². The van der Waals surface area contributed by atoms with E-state index in [1.165, 1.54) is 6.08 Å². The Morgan fingerprint density at radius 2 is 1.83 bits per heavy atom. The fourth-order valence-electron chi connectivity index (χ4n) is 1.83. The monoisotopic (exact) mass is 360 g/mol. The highest BCUT2D eigenvalue weighted by atomic mass is 35.5. The molecule has 2 aromatic carbocycles. The molecule has 0 aliphatic rings. The van der Waals surface area contributed by atoms with Crippen molar-refractivity contribution < 1.29 is 14.7 Å². The van der Waals surface area contributed by atoms with E-state index in [1.54, 1.807) is 42.5 Å².